The molecule has 3 aliphatic rings. The molecular formula is C18H33N5O6. The van der Waals surface area contributed by atoms with Crippen LogP contribution in [0.25, 0.3) is 0 Å². The maximum Gasteiger partial charge on any atom is 0.322 e. The van der Waals surface area contributed by atoms with E-state index in [1.54, 1.807) is 15.2 Å². The Bertz CT molecular complexity index is 463. The van der Waals surface area contributed by atoms with Gasteiger partial charge in [0.1, 0.15) is 0 Å². The van der Waals surface area contributed by atoms with Crippen molar-refractivity contribution in [2.75, 3.05) is 78.5 Å². The van der Waals surface area contributed by atoms with E-state index < -0.39 is 0 Å². The van der Waals surface area contributed by atoms with Crippen LogP contribution in [0.3, 0.4) is 0 Å². The lowest BCUT2D eigenvalue weighted by Gasteiger charge is -2.35. The molecule has 11 nitrogen and oxygen atoms in total. The second-order valence-corrected chi connectivity index (χ2v) is 7.22. The van der Waals surface area contributed by atoms with Crippen LogP contribution in [0.2, 0.25) is 0 Å². The van der Waals surface area contributed by atoms with Crippen LogP contribution in [0.5, 0.6) is 0 Å². The highest BCUT2D eigenvalue weighted by molar-refractivity contribution is 5.66. The quantitative estimate of drug-likeness (QED) is 0.565. The lowest BCUT2D eigenvalue weighted by molar-refractivity contribution is -0.198. The predicted octanol–water partition coefficient (Wildman–Crippen LogP) is -1.04. The molecule has 3 rings (SSSR count). The first-order chi connectivity index (χ1) is 13.8. The van der Waals surface area contributed by atoms with E-state index in [0.29, 0.717) is 78.5 Å². The monoisotopic (exact) mass is 415 g/mol. The van der Waals surface area contributed by atoms with Gasteiger partial charge < -0.3 is 14.5 Å². The van der Waals surface area contributed by atoms with Crippen LogP contribution in [0.4, 0.5) is 0 Å². The SMILES string of the molecule is CC(=O)ON1CCN2CCN(OC(C)=O)CCN(CC1)CCN(OC(C)=O)CC2. The molecule has 2 bridgehead atoms. The minimum absolute atomic E-state index is 0.329. The van der Waals surface area contributed by atoms with Gasteiger partial charge in [0, 0.05) is 99.3 Å². The zero-order chi connectivity index (χ0) is 21.2. The first kappa shape index (κ1) is 23.5. The van der Waals surface area contributed by atoms with Gasteiger partial charge >= 0.3 is 17.9 Å². The molecule has 0 unspecified atom stereocenters. The summed E-state index contributed by atoms with van der Waals surface area (Å²) >= 11 is 0. The van der Waals surface area contributed by atoms with E-state index in [1.165, 1.54) is 20.8 Å². The second kappa shape index (κ2) is 12.0. The molecule has 0 aromatic heterocycles. The maximum absolute atomic E-state index is 11.4. The van der Waals surface area contributed by atoms with Gasteiger partial charge in [0.2, 0.25) is 0 Å². The Balaban J connectivity index is 2.16. The van der Waals surface area contributed by atoms with E-state index in [1.807, 2.05) is 0 Å². The highest BCUT2D eigenvalue weighted by atomic mass is 16.7. The lowest BCUT2D eigenvalue weighted by atomic mass is 10.3. The van der Waals surface area contributed by atoms with Gasteiger partial charge in [0.25, 0.3) is 0 Å². The van der Waals surface area contributed by atoms with Crippen LogP contribution in [0.15, 0.2) is 0 Å². The lowest BCUT2D eigenvalue weighted by Crippen LogP contribution is -2.50. The number of hydrogen-bond acceptors (Lipinski definition) is 11. The number of rotatable bonds is 3. The predicted molar refractivity (Wildman–Crippen MR) is 103 cm³/mol. The standard InChI is InChI=1S/C18H33N5O6/c1-16(24)27-21-10-4-19-6-12-22(28-17(2)25)13-7-20(5-11-21)9-15-23(14-8-19)29-18(3)26/h4-15H2,1-3H3. The largest absolute Gasteiger partial charge is 0.368 e. The molecule has 0 radical (unpaired) electrons. The van der Waals surface area contributed by atoms with Gasteiger partial charge in [0.15, 0.2) is 0 Å². The van der Waals surface area contributed by atoms with Crippen LogP contribution in [0.1, 0.15) is 20.8 Å². The molecule has 0 aliphatic carbocycles. The van der Waals surface area contributed by atoms with Gasteiger partial charge in [-0.1, -0.05) is 0 Å². The average Bonchev–Trinajstić information content (AvgIpc) is 2.61. The van der Waals surface area contributed by atoms with Crippen molar-refractivity contribution in [1.82, 2.24) is 25.0 Å². The summed E-state index contributed by atoms with van der Waals surface area (Å²) in [5, 5.41) is 5.12. The summed E-state index contributed by atoms with van der Waals surface area (Å²) in [5.74, 6) is -0.988. The Hall–Kier alpha value is -1.79. The number of hydroxylamine groups is 6. The Labute approximate surface area is 171 Å². The Morgan fingerprint density at radius 1 is 0.448 bits per heavy atom. The fraction of sp³-hybridized carbons (Fsp3) is 0.833. The molecule has 0 spiro atoms. The molecule has 0 amide bonds. The Morgan fingerprint density at radius 2 is 0.655 bits per heavy atom. The first-order valence-electron chi connectivity index (χ1n) is 10.1. The van der Waals surface area contributed by atoms with Crippen molar-refractivity contribution in [3.05, 3.63) is 0 Å². The number of carbonyl (C=O) groups is 3. The van der Waals surface area contributed by atoms with Crippen molar-refractivity contribution in [2.45, 2.75) is 20.8 Å². The molecule has 0 aromatic rings. The smallest absolute Gasteiger partial charge is 0.322 e. The first-order valence-corrected chi connectivity index (χ1v) is 10.1. The molecule has 3 heterocycles. The zero-order valence-electron chi connectivity index (χ0n) is 17.7. The number of hydrogen-bond donors (Lipinski definition) is 0. The van der Waals surface area contributed by atoms with E-state index in [0.717, 1.165) is 0 Å². The fourth-order valence-electron chi connectivity index (χ4n) is 3.34. The molecule has 0 aromatic carbocycles. The average molecular weight is 415 g/mol. The summed E-state index contributed by atoms with van der Waals surface area (Å²) < 4.78 is 0. The van der Waals surface area contributed by atoms with Gasteiger partial charge in [-0.3, -0.25) is 24.2 Å². The van der Waals surface area contributed by atoms with Crippen molar-refractivity contribution in [1.29, 1.82) is 0 Å². The van der Waals surface area contributed by atoms with E-state index in [-0.39, 0.29) is 17.9 Å². The van der Waals surface area contributed by atoms with Gasteiger partial charge in [-0.05, 0) is 0 Å². The molecule has 0 N–H and O–H groups in total. The summed E-state index contributed by atoms with van der Waals surface area (Å²) in [6.07, 6.45) is 0. The van der Waals surface area contributed by atoms with Gasteiger partial charge in [-0.2, -0.15) is 0 Å². The molecule has 166 valence electrons. The normalized spacial score (nSPS) is 26.2. The van der Waals surface area contributed by atoms with E-state index in [2.05, 4.69) is 9.80 Å². The zero-order valence-corrected chi connectivity index (χ0v) is 17.7. The minimum Gasteiger partial charge on any atom is -0.368 e. The summed E-state index contributed by atoms with van der Waals surface area (Å²) in [6.45, 7) is 11.6. The van der Waals surface area contributed by atoms with Crippen molar-refractivity contribution >= 4 is 17.9 Å². The third-order valence-corrected chi connectivity index (χ3v) is 4.77. The minimum atomic E-state index is -0.329. The summed E-state index contributed by atoms with van der Waals surface area (Å²) in [7, 11) is 0. The highest BCUT2D eigenvalue weighted by Gasteiger charge is 2.22. The second-order valence-electron chi connectivity index (χ2n) is 7.22. The van der Waals surface area contributed by atoms with E-state index in [4.69, 9.17) is 14.5 Å². The highest BCUT2D eigenvalue weighted by Crippen LogP contribution is 2.06. The van der Waals surface area contributed by atoms with Crippen LogP contribution in [-0.4, -0.2) is 121 Å². The molecule has 0 saturated carbocycles. The summed E-state index contributed by atoms with van der Waals surface area (Å²) in [6, 6.07) is 0. The number of carbonyl (C=O) groups excluding carboxylic acids is 3. The van der Waals surface area contributed by atoms with Crippen LogP contribution in [0, 0.1) is 0 Å². The molecular weight excluding hydrogens is 382 g/mol. The van der Waals surface area contributed by atoms with E-state index >= 15 is 0 Å². The van der Waals surface area contributed by atoms with Crippen LogP contribution >= 0.6 is 0 Å². The molecule has 3 fully saturated rings. The number of nitrogens with zero attached hydrogens (tertiary/aromatic N) is 5. The topological polar surface area (TPSA) is 95.1 Å². The third kappa shape index (κ3) is 9.50. The molecule has 11 heteroatoms. The molecule has 3 aliphatic heterocycles. The fourth-order valence-corrected chi connectivity index (χ4v) is 3.34. The van der Waals surface area contributed by atoms with Crippen molar-refractivity contribution in [2.24, 2.45) is 0 Å². The maximum atomic E-state index is 11.4. The van der Waals surface area contributed by atoms with Crippen molar-refractivity contribution < 1.29 is 28.9 Å². The molecule has 3 saturated heterocycles. The summed E-state index contributed by atoms with van der Waals surface area (Å²) in [4.78, 5) is 54.8. The van der Waals surface area contributed by atoms with E-state index in [9.17, 15) is 14.4 Å². The van der Waals surface area contributed by atoms with Crippen LogP contribution in [-0.2, 0) is 28.9 Å². The van der Waals surface area contributed by atoms with Gasteiger partial charge in [-0.25, -0.2) is 0 Å². The molecule has 29 heavy (non-hydrogen) atoms. The van der Waals surface area contributed by atoms with Crippen LogP contribution < -0.4 is 0 Å². The van der Waals surface area contributed by atoms with Gasteiger partial charge in [0.05, 0.1) is 0 Å². The van der Waals surface area contributed by atoms with Crippen molar-refractivity contribution in [3.8, 4) is 0 Å². The van der Waals surface area contributed by atoms with Gasteiger partial charge in [-0.15, -0.1) is 15.2 Å². The van der Waals surface area contributed by atoms with Crippen molar-refractivity contribution in [3.63, 3.8) is 0 Å². The summed E-state index contributed by atoms with van der Waals surface area (Å²) in [5.41, 5.74) is 0. The Kier molecular flexibility index (Phi) is 9.74. The molecule has 0 atom stereocenters. The number of fused-ring (bicyclic) bond motifs is 12. The third-order valence-electron chi connectivity index (χ3n) is 4.77. The Morgan fingerprint density at radius 3 is 0.828 bits per heavy atom.